The zero-order valence-electron chi connectivity index (χ0n) is 17.2. The molecule has 0 spiro atoms. The summed E-state index contributed by atoms with van der Waals surface area (Å²) in [6.07, 6.45) is 2.95. The lowest BCUT2D eigenvalue weighted by Gasteiger charge is -2.52. The van der Waals surface area contributed by atoms with Crippen molar-refractivity contribution >= 4 is 15.8 Å². The zero-order valence-corrected chi connectivity index (χ0v) is 18.0. The fraction of sp³-hybridized carbons (Fsp3) is 0.455. The highest BCUT2D eigenvalue weighted by Crippen LogP contribution is 2.47. The van der Waals surface area contributed by atoms with Crippen molar-refractivity contribution < 1.29 is 25.8 Å². The molecule has 2 atom stereocenters. The van der Waals surface area contributed by atoms with Crippen LogP contribution < -0.4 is 14.4 Å². The molecule has 1 saturated heterocycles. The van der Waals surface area contributed by atoms with Crippen molar-refractivity contribution in [1.82, 2.24) is 5.32 Å². The van der Waals surface area contributed by atoms with Gasteiger partial charge < -0.3 is 14.4 Å². The first kappa shape index (κ1) is 22.0. The highest BCUT2D eigenvalue weighted by Gasteiger charge is 2.49. The van der Waals surface area contributed by atoms with Gasteiger partial charge >= 0.3 is 15.6 Å². The summed E-state index contributed by atoms with van der Waals surface area (Å²) in [5.41, 5.74) is -2.09. The number of nitrogens with one attached hydrogen (secondary N) is 1. The minimum atomic E-state index is -5.69. The van der Waals surface area contributed by atoms with Gasteiger partial charge in [-0.1, -0.05) is 31.2 Å². The van der Waals surface area contributed by atoms with Crippen LogP contribution in [-0.4, -0.2) is 39.1 Å². The van der Waals surface area contributed by atoms with Crippen molar-refractivity contribution in [3.8, 4) is 5.75 Å². The predicted molar refractivity (Wildman–Crippen MR) is 113 cm³/mol. The van der Waals surface area contributed by atoms with Gasteiger partial charge in [-0.2, -0.15) is 21.6 Å². The van der Waals surface area contributed by atoms with Crippen molar-refractivity contribution in [2.45, 2.75) is 43.2 Å². The summed E-state index contributed by atoms with van der Waals surface area (Å²) in [5, 5.41) is 3.52. The Hall–Kier alpha value is -2.26. The molecule has 4 rings (SSSR count). The van der Waals surface area contributed by atoms with Crippen LogP contribution in [0.4, 0.5) is 18.9 Å². The molecule has 168 valence electrons. The molecule has 5 nitrogen and oxygen atoms in total. The Morgan fingerprint density at radius 1 is 1.16 bits per heavy atom. The summed E-state index contributed by atoms with van der Waals surface area (Å²) in [6.45, 7) is 4.49. The molecule has 2 aromatic carbocycles. The summed E-state index contributed by atoms with van der Waals surface area (Å²) in [5.74, 6) is -0.0347. The van der Waals surface area contributed by atoms with Crippen LogP contribution in [0.1, 0.15) is 36.8 Å². The van der Waals surface area contributed by atoms with Crippen LogP contribution in [0.15, 0.2) is 48.5 Å². The largest absolute Gasteiger partial charge is 0.534 e. The molecule has 1 N–H and O–H groups in total. The first-order chi connectivity index (χ1) is 14.7. The topological polar surface area (TPSA) is 58.6 Å². The zero-order chi connectivity index (χ0) is 22.3. The summed E-state index contributed by atoms with van der Waals surface area (Å²) >= 11 is 0. The number of hydrogen-bond donors (Lipinski definition) is 1. The monoisotopic (exact) mass is 454 g/mol. The molecule has 2 aromatic rings. The minimum Gasteiger partial charge on any atom is -0.376 e. The summed E-state index contributed by atoms with van der Waals surface area (Å²) in [7, 11) is -5.69. The number of benzene rings is 2. The Kier molecular flexibility index (Phi) is 5.68. The van der Waals surface area contributed by atoms with Crippen LogP contribution in [-0.2, 0) is 16.5 Å². The molecule has 1 aliphatic carbocycles. The molecule has 0 amide bonds. The average Bonchev–Trinajstić information content (AvgIpc) is 3.18. The second-order valence-corrected chi connectivity index (χ2v) is 9.59. The third-order valence-corrected chi connectivity index (χ3v) is 7.49. The van der Waals surface area contributed by atoms with E-state index in [4.69, 9.17) is 0 Å². The number of nitrogens with zero attached hydrogens (tertiary/aromatic N) is 1. The van der Waals surface area contributed by atoms with E-state index >= 15 is 0 Å². The van der Waals surface area contributed by atoms with E-state index in [9.17, 15) is 21.6 Å². The standard InChI is InChI=1S/C22H25F3N2O3S/c1-2-21(20-12-7-16-5-3-4-6-19(16)20)15-26-13-14-27(21)17-8-10-18(11-9-17)30-31(28,29)22(23,24)25/h3-6,8-11,20,26H,2,7,12-15H2,1H3. The molecule has 0 bridgehead atoms. The quantitative estimate of drug-likeness (QED) is 0.542. The number of fused-ring (bicyclic) bond motifs is 1. The minimum absolute atomic E-state index is 0.189. The maximum absolute atomic E-state index is 12.6. The van der Waals surface area contributed by atoms with Gasteiger partial charge in [0, 0.05) is 31.2 Å². The number of alkyl halides is 3. The highest BCUT2D eigenvalue weighted by atomic mass is 32.2. The number of halogens is 3. The van der Waals surface area contributed by atoms with Crippen LogP contribution in [0.2, 0.25) is 0 Å². The third kappa shape index (κ3) is 3.89. The van der Waals surface area contributed by atoms with E-state index in [1.807, 2.05) is 0 Å². The van der Waals surface area contributed by atoms with Gasteiger partial charge in [0.1, 0.15) is 5.75 Å². The highest BCUT2D eigenvalue weighted by molar-refractivity contribution is 7.88. The van der Waals surface area contributed by atoms with Crippen molar-refractivity contribution in [3.63, 3.8) is 0 Å². The molecular weight excluding hydrogens is 429 g/mol. The van der Waals surface area contributed by atoms with Crippen molar-refractivity contribution in [2.24, 2.45) is 0 Å². The van der Waals surface area contributed by atoms with E-state index in [2.05, 4.69) is 45.6 Å². The maximum atomic E-state index is 12.6. The van der Waals surface area contributed by atoms with Gasteiger partial charge in [0.15, 0.2) is 0 Å². The van der Waals surface area contributed by atoms with Gasteiger partial charge in [0.05, 0.1) is 5.54 Å². The van der Waals surface area contributed by atoms with Gasteiger partial charge in [-0.15, -0.1) is 0 Å². The Morgan fingerprint density at radius 2 is 1.87 bits per heavy atom. The number of aryl methyl sites for hydroxylation is 1. The van der Waals surface area contributed by atoms with Crippen LogP contribution in [0.3, 0.4) is 0 Å². The first-order valence-corrected chi connectivity index (χ1v) is 11.8. The van der Waals surface area contributed by atoms with Crippen LogP contribution >= 0.6 is 0 Å². The Bertz CT molecular complexity index is 1040. The van der Waals surface area contributed by atoms with Gasteiger partial charge in [0.2, 0.25) is 0 Å². The first-order valence-electron chi connectivity index (χ1n) is 10.3. The molecular formula is C22H25F3N2O3S. The van der Waals surface area contributed by atoms with E-state index < -0.39 is 15.6 Å². The average molecular weight is 455 g/mol. The number of piperazine rings is 1. The molecule has 1 heterocycles. The smallest absolute Gasteiger partial charge is 0.376 e. The second kappa shape index (κ2) is 8.02. The normalized spacial score (nSPS) is 24.1. The molecule has 2 unspecified atom stereocenters. The van der Waals surface area contributed by atoms with Crippen molar-refractivity contribution in [2.75, 3.05) is 24.5 Å². The number of rotatable bonds is 5. The van der Waals surface area contributed by atoms with E-state index in [1.165, 1.54) is 23.3 Å². The fourth-order valence-electron chi connectivity index (χ4n) is 5.04. The molecule has 31 heavy (non-hydrogen) atoms. The molecule has 9 heteroatoms. The van der Waals surface area contributed by atoms with Crippen LogP contribution in [0, 0.1) is 0 Å². The Morgan fingerprint density at radius 3 is 2.55 bits per heavy atom. The van der Waals surface area contributed by atoms with Crippen LogP contribution in [0.5, 0.6) is 5.75 Å². The molecule has 1 fully saturated rings. The number of anilines is 1. The Labute approximate surface area is 180 Å². The van der Waals surface area contributed by atoms with Crippen LogP contribution in [0.25, 0.3) is 0 Å². The Balaban J connectivity index is 1.65. The summed E-state index contributed by atoms with van der Waals surface area (Å²) in [6, 6.07) is 14.3. The molecule has 0 aromatic heterocycles. The lowest BCUT2D eigenvalue weighted by atomic mass is 9.75. The molecule has 0 saturated carbocycles. The summed E-state index contributed by atoms with van der Waals surface area (Å²) in [4.78, 5) is 2.32. The number of hydrogen-bond acceptors (Lipinski definition) is 5. The third-order valence-electron chi connectivity index (χ3n) is 6.51. The van der Waals surface area contributed by atoms with Crippen molar-refractivity contribution in [1.29, 1.82) is 0 Å². The molecule has 0 radical (unpaired) electrons. The predicted octanol–water partition coefficient (Wildman–Crippen LogP) is 4.20. The van der Waals surface area contributed by atoms with Gasteiger partial charge in [-0.25, -0.2) is 0 Å². The van der Waals surface area contributed by atoms with Gasteiger partial charge in [-0.05, 0) is 54.7 Å². The van der Waals surface area contributed by atoms with E-state index in [0.717, 1.165) is 44.6 Å². The maximum Gasteiger partial charge on any atom is 0.534 e. The molecule has 1 aliphatic heterocycles. The van der Waals surface area contributed by atoms with E-state index in [-0.39, 0.29) is 11.3 Å². The van der Waals surface area contributed by atoms with E-state index in [0.29, 0.717) is 5.92 Å². The second-order valence-electron chi connectivity index (χ2n) is 8.05. The lowest BCUT2D eigenvalue weighted by Crippen LogP contribution is -2.64. The van der Waals surface area contributed by atoms with Gasteiger partial charge in [-0.3, -0.25) is 0 Å². The van der Waals surface area contributed by atoms with Crippen molar-refractivity contribution in [3.05, 3.63) is 59.7 Å². The van der Waals surface area contributed by atoms with E-state index in [1.54, 1.807) is 12.1 Å². The lowest BCUT2D eigenvalue weighted by molar-refractivity contribution is -0.0500. The summed E-state index contributed by atoms with van der Waals surface area (Å²) < 4.78 is 64.6. The SMILES string of the molecule is CCC1(C2CCc3ccccc32)CNCCN1c1ccc(OS(=O)(=O)C(F)(F)F)cc1. The molecule has 2 aliphatic rings. The van der Waals surface area contributed by atoms with Gasteiger partial charge in [0.25, 0.3) is 0 Å². The fourth-order valence-corrected chi connectivity index (χ4v) is 5.50.